The smallest absolute Gasteiger partial charge is 0.141 e. The van der Waals surface area contributed by atoms with Crippen molar-refractivity contribution in [2.24, 2.45) is 5.10 Å². The lowest BCUT2D eigenvalue weighted by atomic mass is 10.1. The second-order valence-electron chi connectivity index (χ2n) is 4.02. The number of para-hydroxylation sites is 1. The van der Waals surface area contributed by atoms with Gasteiger partial charge in [0.2, 0.25) is 0 Å². The number of fused-ring (bicyclic) bond motifs is 1. The molecular weight excluding hydrogens is 226 g/mol. The zero-order chi connectivity index (χ0) is 12.4. The number of nitrogens with one attached hydrogen (secondary N) is 1. The molecule has 3 aromatic rings. The number of hydrogen-bond donors (Lipinski definition) is 1. The van der Waals surface area contributed by atoms with Gasteiger partial charge < -0.3 is 4.98 Å². The maximum absolute atomic E-state index is 4.26. The van der Waals surface area contributed by atoms with Gasteiger partial charge in [-0.1, -0.05) is 25.1 Å². The summed E-state index contributed by atoms with van der Waals surface area (Å²) in [4.78, 5) is 3.31. The lowest BCUT2D eigenvalue weighted by Gasteiger charge is -1.98. The molecule has 2 aromatic heterocycles. The molecule has 0 atom stereocenters. The number of rotatable bonds is 3. The van der Waals surface area contributed by atoms with Crippen molar-refractivity contribution in [1.29, 1.82) is 0 Å². The molecule has 0 aliphatic heterocycles. The number of hydrogen-bond acceptors (Lipinski definition) is 3. The van der Waals surface area contributed by atoms with E-state index in [0.717, 1.165) is 12.0 Å². The van der Waals surface area contributed by atoms with Gasteiger partial charge in [0.05, 0.1) is 6.21 Å². The van der Waals surface area contributed by atoms with Crippen LogP contribution in [0.25, 0.3) is 10.9 Å². The highest BCUT2D eigenvalue weighted by atomic mass is 15.4. The number of H-pyrrole nitrogens is 1. The van der Waals surface area contributed by atoms with Crippen molar-refractivity contribution >= 4 is 17.1 Å². The van der Waals surface area contributed by atoms with Gasteiger partial charge in [0.25, 0.3) is 0 Å². The first-order chi connectivity index (χ1) is 8.88. The summed E-state index contributed by atoms with van der Waals surface area (Å²) in [5.41, 5.74) is 3.57. The number of aromatic amines is 1. The number of nitrogens with zero attached hydrogens (tertiary/aromatic N) is 4. The van der Waals surface area contributed by atoms with Crippen molar-refractivity contribution in [3.63, 3.8) is 0 Å². The van der Waals surface area contributed by atoms with E-state index in [1.54, 1.807) is 17.3 Å². The number of benzene rings is 1. The van der Waals surface area contributed by atoms with Crippen LogP contribution in [-0.4, -0.2) is 26.1 Å². The first-order valence-electron chi connectivity index (χ1n) is 5.86. The minimum Gasteiger partial charge on any atom is -0.360 e. The van der Waals surface area contributed by atoms with E-state index < -0.39 is 0 Å². The quantitative estimate of drug-likeness (QED) is 0.712. The van der Waals surface area contributed by atoms with Crippen LogP contribution in [0.3, 0.4) is 0 Å². The third-order valence-corrected chi connectivity index (χ3v) is 2.95. The van der Waals surface area contributed by atoms with Crippen LogP contribution in [0.15, 0.2) is 42.2 Å². The summed E-state index contributed by atoms with van der Waals surface area (Å²) in [6, 6.07) is 6.31. The Morgan fingerprint density at radius 3 is 2.94 bits per heavy atom. The fourth-order valence-electron chi connectivity index (χ4n) is 2.02. The van der Waals surface area contributed by atoms with Gasteiger partial charge in [-0.05, 0) is 12.0 Å². The van der Waals surface area contributed by atoms with E-state index in [1.807, 2.05) is 12.4 Å². The Balaban J connectivity index is 2.03. The van der Waals surface area contributed by atoms with E-state index in [1.165, 1.54) is 16.5 Å². The maximum atomic E-state index is 4.26. The minimum atomic E-state index is 1.01. The Labute approximate surface area is 104 Å². The van der Waals surface area contributed by atoms with Crippen molar-refractivity contribution in [3.8, 4) is 0 Å². The molecule has 0 spiro atoms. The summed E-state index contributed by atoms with van der Waals surface area (Å²) in [7, 11) is 0. The molecule has 1 N–H and O–H groups in total. The Kier molecular flexibility index (Phi) is 2.64. The van der Waals surface area contributed by atoms with Gasteiger partial charge >= 0.3 is 0 Å². The molecule has 0 saturated heterocycles. The van der Waals surface area contributed by atoms with Crippen LogP contribution < -0.4 is 0 Å². The standard InChI is InChI=1S/C13H13N5/c1-2-10-4-3-5-12-11(6-14-13(10)12)7-17-18-8-15-16-9-18/h3-9,14H,2H2,1H3/b17-7+. The summed E-state index contributed by atoms with van der Waals surface area (Å²) in [6.07, 6.45) is 7.91. The summed E-state index contributed by atoms with van der Waals surface area (Å²) < 4.78 is 1.57. The van der Waals surface area contributed by atoms with Crippen LogP contribution in [0.2, 0.25) is 0 Å². The largest absolute Gasteiger partial charge is 0.360 e. The fourth-order valence-corrected chi connectivity index (χ4v) is 2.02. The van der Waals surface area contributed by atoms with E-state index >= 15 is 0 Å². The molecule has 0 aliphatic carbocycles. The van der Waals surface area contributed by atoms with Crippen LogP contribution in [0.4, 0.5) is 0 Å². The van der Waals surface area contributed by atoms with Crippen LogP contribution in [0.5, 0.6) is 0 Å². The first kappa shape index (κ1) is 10.7. The van der Waals surface area contributed by atoms with Crippen LogP contribution in [-0.2, 0) is 6.42 Å². The molecule has 18 heavy (non-hydrogen) atoms. The molecule has 1 aromatic carbocycles. The number of aromatic nitrogens is 4. The highest BCUT2D eigenvalue weighted by Crippen LogP contribution is 2.20. The second-order valence-corrected chi connectivity index (χ2v) is 4.02. The van der Waals surface area contributed by atoms with Gasteiger partial charge in [-0.15, -0.1) is 10.2 Å². The highest BCUT2D eigenvalue weighted by molar-refractivity contribution is 6.00. The van der Waals surface area contributed by atoms with Crippen molar-refractivity contribution < 1.29 is 0 Å². The van der Waals surface area contributed by atoms with Gasteiger partial charge in [-0.3, -0.25) is 0 Å². The van der Waals surface area contributed by atoms with Gasteiger partial charge in [-0.25, -0.2) is 4.68 Å². The van der Waals surface area contributed by atoms with Gasteiger partial charge in [0.15, 0.2) is 0 Å². The fraction of sp³-hybridized carbons (Fsp3) is 0.154. The lowest BCUT2D eigenvalue weighted by molar-refractivity contribution is 0.878. The van der Waals surface area contributed by atoms with Crippen LogP contribution in [0, 0.1) is 0 Å². The molecule has 5 nitrogen and oxygen atoms in total. The minimum absolute atomic E-state index is 1.01. The summed E-state index contributed by atoms with van der Waals surface area (Å²) in [6.45, 7) is 2.15. The van der Waals surface area contributed by atoms with E-state index in [0.29, 0.717) is 0 Å². The van der Waals surface area contributed by atoms with E-state index in [4.69, 9.17) is 0 Å². The van der Waals surface area contributed by atoms with Gasteiger partial charge in [0, 0.05) is 22.7 Å². The first-order valence-corrected chi connectivity index (χ1v) is 5.86. The molecular formula is C13H13N5. The van der Waals surface area contributed by atoms with Gasteiger partial charge in [0.1, 0.15) is 12.7 Å². The molecule has 0 radical (unpaired) electrons. The van der Waals surface area contributed by atoms with Crippen LogP contribution in [0.1, 0.15) is 18.1 Å². The normalized spacial score (nSPS) is 11.6. The van der Waals surface area contributed by atoms with Crippen molar-refractivity contribution in [3.05, 3.63) is 48.2 Å². The topological polar surface area (TPSA) is 58.9 Å². The third-order valence-electron chi connectivity index (χ3n) is 2.95. The third kappa shape index (κ3) is 1.79. The Morgan fingerprint density at radius 1 is 1.33 bits per heavy atom. The van der Waals surface area contributed by atoms with Crippen molar-refractivity contribution in [2.75, 3.05) is 0 Å². The zero-order valence-corrected chi connectivity index (χ0v) is 10.0. The zero-order valence-electron chi connectivity index (χ0n) is 10.0. The van der Waals surface area contributed by atoms with E-state index in [2.05, 4.69) is 45.4 Å². The Bertz CT molecular complexity index is 679. The predicted octanol–water partition coefficient (Wildman–Crippen LogP) is 2.20. The van der Waals surface area contributed by atoms with Crippen molar-refractivity contribution in [2.45, 2.75) is 13.3 Å². The average Bonchev–Trinajstić information content (AvgIpc) is 3.05. The van der Waals surface area contributed by atoms with E-state index in [-0.39, 0.29) is 0 Å². The highest BCUT2D eigenvalue weighted by Gasteiger charge is 2.04. The van der Waals surface area contributed by atoms with Crippen LogP contribution >= 0.6 is 0 Å². The molecule has 0 amide bonds. The monoisotopic (exact) mass is 239 g/mol. The Morgan fingerprint density at radius 2 is 2.17 bits per heavy atom. The van der Waals surface area contributed by atoms with Crippen molar-refractivity contribution in [1.82, 2.24) is 19.9 Å². The predicted molar refractivity (Wildman–Crippen MR) is 70.7 cm³/mol. The molecule has 90 valence electrons. The second kappa shape index (κ2) is 4.44. The molecule has 5 heteroatoms. The average molecular weight is 239 g/mol. The molecule has 0 fully saturated rings. The molecule has 0 saturated carbocycles. The number of aryl methyl sites for hydroxylation is 1. The van der Waals surface area contributed by atoms with E-state index in [9.17, 15) is 0 Å². The summed E-state index contributed by atoms with van der Waals surface area (Å²) in [5, 5.41) is 12.9. The molecule has 0 aliphatic rings. The summed E-state index contributed by atoms with van der Waals surface area (Å²) in [5.74, 6) is 0. The maximum Gasteiger partial charge on any atom is 0.141 e. The summed E-state index contributed by atoms with van der Waals surface area (Å²) >= 11 is 0. The Hall–Kier alpha value is -2.43. The molecule has 2 heterocycles. The lowest BCUT2D eigenvalue weighted by Crippen LogP contribution is -1.86. The molecule has 0 unspecified atom stereocenters. The van der Waals surface area contributed by atoms with Gasteiger partial charge in [-0.2, -0.15) is 5.10 Å². The molecule has 3 rings (SSSR count). The molecule has 0 bridgehead atoms. The SMILES string of the molecule is CCc1cccc2c(/C=N/n3cnnc3)c[nH]c12.